The van der Waals surface area contributed by atoms with Gasteiger partial charge >= 0.3 is 18.7 Å². The molecule has 0 saturated carbocycles. The van der Waals surface area contributed by atoms with Crippen LogP contribution < -0.4 is 14.4 Å². The first kappa shape index (κ1) is 26.9. The van der Waals surface area contributed by atoms with Crippen LogP contribution in [-0.4, -0.2) is 46.4 Å². The number of alkyl halides is 7. The van der Waals surface area contributed by atoms with Crippen molar-refractivity contribution in [2.75, 3.05) is 11.4 Å². The van der Waals surface area contributed by atoms with E-state index in [4.69, 9.17) is 4.74 Å². The van der Waals surface area contributed by atoms with Crippen LogP contribution in [0.3, 0.4) is 0 Å². The molecule has 0 spiro atoms. The molecule has 3 aromatic rings. The van der Waals surface area contributed by atoms with Crippen molar-refractivity contribution < 1.29 is 49.7 Å². The largest absolute Gasteiger partial charge is 0.461 e. The number of aliphatic hydroxyl groups excluding tert-OH is 1. The lowest BCUT2D eigenvalue weighted by Gasteiger charge is -2.27. The molecule has 0 aliphatic carbocycles. The van der Waals surface area contributed by atoms with E-state index in [1.54, 1.807) is 0 Å². The molecule has 1 atom stereocenters. The third-order valence-electron chi connectivity index (χ3n) is 4.49. The Kier molecular flexibility index (Phi) is 8.17. The Morgan fingerprint density at radius 1 is 0.944 bits per heavy atom. The molecule has 0 radical (unpaired) electrons. The highest BCUT2D eigenvalue weighted by atomic mass is 19.4. The van der Waals surface area contributed by atoms with Gasteiger partial charge in [-0.05, 0) is 42.0 Å². The number of anilines is 1. The molecule has 3 rings (SSSR count). The molecule has 0 aliphatic rings. The van der Waals surface area contributed by atoms with E-state index in [-0.39, 0.29) is 23.1 Å². The van der Waals surface area contributed by atoms with Crippen LogP contribution in [0.25, 0.3) is 0 Å². The van der Waals surface area contributed by atoms with Crippen LogP contribution in [0.5, 0.6) is 17.4 Å². The Morgan fingerprint density at radius 3 is 2.28 bits per heavy atom. The summed E-state index contributed by atoms with van der Waals surface area (Å²) >= 11 is 0. The average Bonchev–Trinajstić information content (AvgIpc) is 2.79. The summed E-state index contributed by atoms with van der Waals surface area (Å²) in [5.74, 6) is -1.51. The predicted molar refractivity (Wildman–Crippen MR) is 110 cm³/mol. The fraction of sp³-hybridized carbons (Fsp3) is 0.273. The van der Waals surface area contributed by atoms with Gasteiger partial charge in [0.05, 0.1) is 6.54 Å². The summed E-state index contributed by atoms with van der Waals surface area (Å²) in [7, 11) is 0. The van der Waals surface area contributed by atoms with Gasteiger partial charge in [-0.1, -0.05) is 12.1 Å². The minimum Gasteiger partial charge on any atom is -0.439 e. The zero-order valence-corrected chi connectivity index (χ0v) is 18.0. The zero-order valence-electron chi connectivity index (χ0n) is 18.0. The summed E-state index contributed by atoms with van der Waals surface area (Å²) in [6, 6.07) is 10.4. The highest BCUT2D eigenvalue weighted by molar-refractivity contribution is 5.38. The van der Waals surface area contributed by atoms with Gasteiger partial charge in [0.25, 0.3) is 0 Å². The van der Waals surface area contributed by atoms with Crippen LogP contribution in [0.15, 0.2) is 60.8 Å². The molecule has 0 bridgehead atoms. The molecule has 14 heteroatoms. The molecule has 36 heavy (non-hydrogen) atoms. The highest BCUT2D eigenvalue weighted by Gasteiger charge is 2.44. The molecule has 194 valence electrons. The van der Waals surface area contributed by atoms with Crippen molar-refractivity contribution in [2.45, 2.75) is 31.4 Å². The average molecular weight is 523 g/mol. The van der Waals surface area contributed by atoms with Gasteiger partial charge in [-0.2, -0.15) is 35.7 Å². The molecule has 0 aliphatic heterocycles. The normalized spacial score (nSPS) is 12.9. The first-order chi connectivity index (χ1) is 16.8. The van der Waals surface area contributed by atoms with Crippen LogP contribution >= 0.6 is 0 Å². The summed E-state index contributed by atoms with van der Waals surface area (Å²) in [6.45, 7) is -1.54. The Hall–Kier alpha value is -3.68. The van der Waals surface area contributed by atoms with E-state index in [0.29, 0.717) is 0 Å². The van der Waals surface area contributed by atoms with Gasteiger partial charge in [0, 0.05) is 18.8 Å². The Morgan fingerprint density at radius 2 is 1.64 bits per heavy atom. The van der Waals surface area contributed by atoms with Crippen molar-refractivity contribution in [3.8, 4) is 17.4 Å². The van der Waals surface area contributed by atoms with Gasteiger partial charge < -0.3 is 19.5 Å². The summed E-state index contributed by atoms with van der Waals surface area (Å²) in [6.07, 6.45) is -15.6. The van der Waals surface area contributed by atoms with E-state index < -0.39 is 49.5 Å². The fourth-order valence-corrected chi connectivity index (χ4v) is 2.82. The van der Waals surface area contributed by atoms with Gasteiger partial charge in [0.1, 0.15) is 17.3 Å². The van der Waals surface area contributed by atoms with Gasteiger partial charge in [-0.3, -0.25) is 0 Å². The lowest BCUT2D eigenvalue weighted by atomic mass is 10.2. The van der Waals surface area contributed by atoms with E-state index in [9.17, 15) is 40.2 Å². The quantitative estimate of drug-likeness (QED) is 0.351. The van der Waals surface area contributed by atoms with Crippen LogP contribution in [0.1, 0.15) is 5.56 Å². The molecule has 2 aromatic carbocycles. The predicted octanol–water partition coefficient (Wildman–Crippen LogP) is 5.57. The van der Waals surface area contributed by atoms with Crippen molar-refractivity contribution in [1.82, 2.24) is 9.97 Å². The molecule has 6 nitrogen and oxygen atoms in total. The SMILES string of the molecule is O[C@H](CN(Cc1cccc(OC(F)(F)C(F)F)c1)c1nccc(Oc2ccc(F)cc2)n1)C(F)(F)F. The molecule has 1 N–H and O–H groups in total. The number of hydrogen-bond acceptors (Lipinski definition) is 6. The second kappa shape index (κ2) is 10.9. The summed E-state index contributed by atoms with van der Waals surface area (Å²) < 4.78 is 113. The third-order valence-corrected chi connectivity index (χ3v) is 4.49. The number of halogens is 8. The lowest BCUT2D eigenvalue weighted by Crippen LogP contribution is -2.41. The molecular formula is C22H17F8N3O3. The number of ether oxygens (including phenoxy) is 2. The fourth-order valence-electron chi connectivity index (χ4n) is 2.82. The first-order valence-electron chi connectivity index (χ1n) is 10.0. The Balaban J connectivity index is 1.87. The number of benzene rings is 2. The molecular weight excluding hydrogens is 506 g/mol. The molecule has 1 heterocycles. The second-order valence-corrected chi connectivity index (χ2v) is 7.30. The minimum absolute atomic E-state index is 0.0559. The number of aliphatic hydroxyl groups is 1. The number of hydrogen-bond donors (Lipinski definition) is 1. The van der Waals surface area contributed by atoms with Crippen molar-refractivity contribution in [3.63, 3.8) is 0 Å². The summed E-state index contributed by atoms with van der Waals surface area (Å²) in [4.78, 5) is 8.75. The van der Waals surface area contributed by atoms with Crippen LogP contribution in [0.4, 0.5) is 41.1 Å². The second-order valence-electron chi connectivity index (χ2n) is 7.30. The number of rotatable bonds is 10. The van der Waals surface area contributed by atoms with E-state index in [1.165, 1.54) is 30.3 Å². The molecule has 0 unspecified atom stereocenters. The van der Waals surface area contributed by atoms with Crippen molar-refractivity contribution in [1.29, 1.82) is 0 Å². The lowest BCUT2D eigenvalue weighted by molar-refractivity contribution is -0.253. The maximum Gasteiger partial charge on any atom is 0.461 e. The van der Waals surface area contributed by atoms with Gasteiger partial charge in [0.15, 0.2) is 6.10 Å². The zero-order chi connectivity index (χ0) is 26.5. The van der Waals surface area contributed by atoms with Crippen LogP contribution in [0.2, 0.25) is 0 Å². The van der Waals surface area contributed by atoms with E-state index in [2.05, 4.69) is 14.7 Å². The number of aromatic nitrogens is 2. The maximum absolute atomic E-state index is 13.2. The molecule has 0 saturated heterocycles. The third kappa shape index (κ3) is 7.41. The van der Waals surface area contributed by atoms with Crippen molar-refractivity contribution in [2.24, 2.45) is 0 Å². The van der Waals surface area contributed by atoms with Crippen LogP contribution in [-0.2, 0) is 6.54 Å². The topological polar surface area (TPSA) is 67.7 Å². The summed E-state index contributed by atoms with van der Waals surface area (Å²) in [5, 5.41) is 9.60. The number of nitrogens with zero attached hydrogens (tertiary/aromatic N) is 3. The standard InChI is InChI=1S/C22H17F8N3O3/c23-14-4-6-15(7-5-14)35-18-8-9-31-20(32-18)33(12-17(34)21(26,27)28)11-13-2-1-3-16(10-13)36-22(29,30)19(24)25/h1-10,17,19,34H,11-12H2/t17-/m1/s1. The van der Waals surface area contributed by atoms with E-state index >= 15 is 0 Å². The summed E-state index contributed by atoms with van der Waals surface area (Å²) in [5.41, 5.74) is 0.0559. The van der Waals surface area contributed by atoms with E-state index in [0.717, 1.165) is 35.4 Å². The monoisotopic (exact) mass is 523 g/mol. The minimum atomic E-state index is -5.01. The smallest absolute Gasteiger partial charge is 0.439 e. The molecule has 0 fully saturated rings. The Bertz CT molecular complexity index is 1150. The molecule has 0 amide bonds. The first-order valence-corrected chi connectivity index (χ1v) is 10.0. The van der Waals surface area contributed by atoms with E-state index in [1.807, 2.05) is 0 Å². The van der Waals surface area contributed by atoms with Crippen molar-refractivity contribution in [3.05, 3.63) is 72.2 Å². The van der Waals surface area contributed by atoms with Crippen molar-refractivity contribution >= 4 is 5.95 Å². The van der Waals surface area contributed by atoms with Crippen LogP contribution in [0, 0.1) is 5.82 Å². The highest BCUT2D eigenvalue weighted by Crippen LogP contribution is 2.29. The van der Waals surface area contributed by atoms with Gasteiger partial charge in [-0.25, -0.2) is 9.37 Å². The Labute approximate surface area is 198 Å². The molecule has 1 aromatic heterocycles. The van der Waals surface area contributed by atoms with Gasteiger partial charge in [0.2, 0.25) is 11.8 Å². The maximum atomic E-state index is 13.2. The van der Waals surface area contributed by atoms with Gasteiger partial charge in [-0.15, -0.1) is 0 Å².